The summed E-state index contributed by atoms with van der Waals surface area (Å²) in [5.74, 6) is 0. The Hall–Kier alpha value is -1.04. The molecule has 4 nitrogen and oxygen atoms in total. The maximum Gasteiger partial charge on any atom is 0.494 e. The van der Waals surface area contributed by atoms with Crippen LogP contribution < -0.4 is 10.4 Å². The molecule has 2 heterocycles. The number of hydrogen-bond donors (Lipinski definition) is 0. The largest absolute Gasteiger partial charge is 0.494 e. The summed E-state index contributed by atoms with van der Waals surface area (Å²) in [5.41, 5.74) is 1.81. The third kappa shape index (κ3) is 3.15. The molecule has 126 valence electrons. The highest BCUT2D eigenvalue weighted by atomic mass is 16.7. The highest BCUT2D eigenvalue weighted by molar-refractivity contribution is 6.62. The predicted molar refractivity (Wildman–Crippen MR) is 96.5 cm³/mol. The van der Waals surface area contributed by atoms with E-state index in [0.29, 0.717) is 6.04 Å². The molecule has 0 bridgehead atoms. The Labute approximate surface area is 140 Å². The van der Waals surface area contributed by atoms with Crippen LogP contribution >= 0.6 is 0 Å². The van der Waals surface area contributed by atoms with Crippen LogP contribution in [0.25, 0.3) is 0 Å². The zero-order valence-corrected chi connectivity index (χ0v) is 15.3. The minimum Gasteiger partial charge on any atom is -0.399 e. The second kappa shape index (κ2) is 5.80. The van der Waals surface area contributed by atoms with E-state index in [1.165, 1.54) is 12.1 Å². The van der Waals surface area contributed by atoms with Crippen molar-refractivity contribution in [2.75, 3.05) is 32.1 Å². The van der Waals surface area contributed by atoms with Gasteiger partial charge >= 0.3 is 7.12 Å². The molecule has 0 saturated carbocycles. The molecule has 2 fully saturated rings. The first-order valence-corrected chi connectivity index (χ1v) is 8.56. The van der Waals surface area contributed by atoms with E-state index in [4.69, 9.17) is 9.31 Å². The highest BCUT2D eigenvalue weighted by Crippen LogP contribution is 2.36. The Balaban J connectivity index is 1.69. The molecule has 1 atom stereocenters. The van der Waals surface area contributed by atoms with Gasteiger partial charge in [-0.1, -0.05) is 12.1 Å². The number of rotatable bonds is 3. The van der Waals surface area contributed by atoms with Crippen LogP contribution in [0.5, 0.6) is 0 Å². The second-order valence-electron chi connectivity index (χ2n) is 8.03. The summed E-state index contributed by atoms with van der Waals surface area (Å²) < 4.78 is 12.2. The van der Waals surface area contributed by atoms with Crippen LogP contribution in [0, 0.1) is 0 Å². The van der Waals surface area contributed by atoms with Crippen LogP contribution in [0.1, 0.15) is 34.1 Å². The van der Waals surface area contributed by atoms with E-state index in [9.17, 15) is 0 Å². The first kappa shape index (κ1) is 16.8. The molecule has 1 aromatic carbocycles. The van der Waals surface area contributed by atoms with Crippen molar-refractivity contribution in [3.05, 3.63) is 24.3 Å². The Kier molecular flexibility index (Phi) is 4.24. The number of nitrogens with zero attached hydrogens (tertiary/aromatic N) is 2. The minimum absolute atomic E-state index is 0.276. The van der Waals surface area contributed by atoms with Crippen molar-refractivity contribution in [3.63, 3.8) is 0 Å². The van der Waals surface area contributed by atoms with Gasteiger partial charge in [0, 0.05) is 24.8 Å². The zero-order valence-electron chi connectivity index (χ0n) is 15.3. The van der Waals surface area contributed by atoms with E-state index in [1.807, 2.05) is 0 Å². The summed E-state index contributed by atoms with van der Waals surface area (Å²) in [4.78, 5) is 4.78. The van der Waals surface area contributed by atoms with Crippen molar-refractivity contribution in [1.29, 1.82) is 0 Å². The number of anilines is 1. The zero-order chi connectivity index (χ0) is 16.8. The maximum atomic E-state index is 6.12. The van der Waals surface area contributed by atoms with E-state index in [0.717, 1.165) is 18.6 Å². The summed E-state index contributed by atoms with van der Waals surface area (Å²) >= 11 is 0. The van der Waals surface area contributed by atoms with Gasteiger partial charge in [-0.05, 0) is 65.8 Å². The average molecular weight is 316 g/mol. The fourth-order valence-electron chi connectivity index (χ4n) is 3.22. The van der Waals surface area contributed by atoms with Crippen LogP contribution in [-0.4, -0.2) is 56.4 Å². The van der Waals surface area contributed by atoms with E-state index in [2.05, 4.69) is 75.9 Å². The molecule has 2 aliphatic heterocycles. The van der Waals surface area contributed by atoms with E-state index >= 15 is 0 Å². The Morgan fingerprint density at radius 2 is 1.61 bits per heavy atom. The quantitative estimate of drug-likeness (QED) is 0.798. The Morgan fingerprint density at radius 3 is 2.09 bits per heavy atom. The molecule has 2 aliphatic rings. The molecule has 0 spiro atoms. The Morgan fingerprint density at radius 1 is 1.04 bits per heavy atom. The lowest BCUT2D eigenvalue weighted by molar-refractivity contribution is 0.00578. The van der Waals surface area contributed by atoms with Crippen LogP contribution in [0.3, 0.4) is 0 Å². The smallest absolute Gasteiger partial charge is 0.399 e. The second-order valence-corrected chi connectivity index (χ2v) is 8.03. The summed E-state index contributed by atoms with van der Waals surface area (Å²) in [6, 6.07) is 9.32. The third-order valence-corrected chi connectivity index (χ3v) is 5.68. The molecule has 2 saturated heterocycles. The lowest BCUT2D eigenvalue weighted by Crippen LogP contribution is -2.41. The van der Waals surface area contributed by atoms with Gasteiger partial charge in [-0.3, -0.25) is 0 Å². The molecule has 3 rings (SSSR count). The fraction of sp³-hybridized carbons (Fsp3) is 0.667. The molecular formula is C18H29BN2O2. The van der Waals surface area contributed by atoms with Crippen molar-refractivity contribution >= 4 is 18.3 Å². The normalized spacial score (nSPS) is 26.3. The van der Waals surface area contributed by atoms with Gasteiger partial charge < -0.3 is 19.1 Å². The predicted octanol–water partition coefficient (Wildman–Crippen LogP) is 2.13. The molecule has 5 heteroatoms. The van der Waals surface area contributed by atoms with E-state index in [1.54, 1.807) is 0 Å². The van der Waals surface area contributed by atoms with Gasteiger partial charge in [0.25, 0.3) is 0 Å². The topological polar surface area (TPSA) is 24.9 Å². The van der Waals surface area contributed by atoms with Gasteiger partial charge in [0.05, 0.1) is 11.2 Å². The molecule has 0 N–H and O–H groups in total. The number of likely N-dealkylation sites (N-methyl/N-ethyl adjacent to an activating group) is 1. The van der Waals surface area contributed by atoms with Gasteiger partial charge in [-0.25, -0.2) is 0 Å². The molecule has 1 aromatic rings. The SMILES string of the molecule is CN(C)C1CCN(c2ccc(B3OC(C)(C)C(C)(C)O3)cc2)C1. The van der Waals surface area contributed by atoms with Gasteiger partial charge in [-0.2, -0.15) is 0 Å². The molecular weight excluding hydrogens is 287 g/mol. The lowest BCUT2D eigenvalue weighted by Gasteiger charge is -2.32. The fourth-order valence-corrected chi connectivity index (χ4v) is 3.22. The van der Waals surface area contributed by atoms with Crippen LogP contribution in [0.4, 0.5) is 5.69 Å². The van der Waals surface area contributed by atoms with Gasteiger partial charge in [0.15, 0.2) is 0 Å². The van der Waals surface area contributed by atoms with Crippen molar-refractivity contribution in [1.82, 2.24) is 4.90 Å². The third-order valence-electron chi connectivity index (χ3n) is 5.68. The van der Waals surface area contributed by atoms with Crippen molar-refractivity contribution in [3.8, 4) is 0 Å². The Bertz CT molecular complexity index is 541. The monoisotopic (exact) mass is 316 g/mol. The average Bonchev–Trinajstić information content (AvgIpc) is 3.03. The van der Waals surface area contributed by atoms with Crippen LogP contribution in [0.15, 0.2) is 24.3 Å². The van der Waals surface area contributed by atoms with Crippen molar-refractivity contribution in [2.24, 2.45) is 0 Å². The van der Waals surface area contributed by atoms with E-state index < -0.39 is 0 Å². The number of hydrogen-bond acceptors (Lipinski definition) is 4. The highest BCUT2D eigenvalue weighted by Gasteiger charge is 2.51. The molecule has 0 amide bonds. The van der Waals surface area contributed by atoms with Crippen LogP contribution in [0.2, 0.25) is 0 Å². The van der Waals surface area contributed by atoms with Gasteiger partial charge in [-0.15, -0.1) is 0 Å². The van der Waals surface area contributed by atoms with Crippen LogP contribution in [-0.2, 0) is 9.31 Å². The maximum absolute atomic E-state index is 6.12. The lowest BCUT2D eigenvalue weighted by atomic mass is 9.79. The van der Waals surface area contributed by atoms with E-state index in [-0.39, 0.29) is 18.3 Å². The number of benzene rings is 1. The first-order chi connectivity index (χ1) is 10.7. The first-order valence-electron chi connectivity index (χ1n) is 8.56. The summed E-state index contributed by atoms with van der Waals surface area (Å²) in [5, 5.41) is 0. The molecule has 23 heavy (non-hydrogen) atoms. The molecule has 0 aromatic heterocycles. The molecule has 0 aliphatic carbocycles. The molecule has 0 radical (unpaired) electrons. The summed E-state index contributed by atoms with van der Waals surface area (Å²) in [6.45, 7) is 10.6. The summed E-state index contributed by atoms with van der Waals surface area (Å²) in [7, 11) is 4.05. The minimum atomic E-state index is -0.287. The summed E-state index contributed by atoms with van der Waals surface area (Å²) in [6.07, 6.45) is 1.23. The van der Waals surface area contributed by atoms with Gasteiger partial charge in [0.2, 0.25) is 0 Å². The van der Waals surface area contributed by atoms with Gasteiger partial charge in [0.1, 0.15) is 0 Å². The van der Waals surface area contributed by atoms with Crippen molar-refractivity contribution < 1.29 is 9.31 Å². The standard InChI is InChI=1S/C18H29BN2O2/c1-17(2)18(3,4)23-19(22-17)14-7-9-15(10-8-14)21-12-11-16(13-21)20(5)6/h7-10,16H,11-13H2,1-6H3. The molecule has 1 unspecified atom stereocenters. The van der Waals surface area contributed by atoms with Crippen molar-refractivity contribution in [2.45, 2.75) is 51.4 Å².